The standard InChI is InChI=1S/C31H32FN3O6/c1-18(2)35-25(14-13-23(36)16-24(37)17-27(38)39)28(21-9-11-22(32)12-10-21)29(20-7-5-4-6-8-20)30(35)31(40)33-26-15-19(3)41-34-26/h4-15,18,23-24,36-37H,16-17H2,1-3H3,(H,38,39)(H,33,34,40). The third-order valence-corrected chi connectivity index (χ3v) is 6.44. The highest BCUT2D eigenvalue weighted by Crippen LogP contribution is 2.42. The first-order chi connectivity index (χ1) is 19.5. The lowest BCUT2D eigenvalue weighted by molar-refractivity contribution is -0.139. The molecule has 0 spiro atoms. The van der Waals surface area contributed by atoms with Crippen LogP contribution in [-0.2, 0) is 4.79 Å². The van der Waals surface area contributed by atoms with E-state index in [1.54, 1.807) is 31.2 Å². The van der Waals surface area contributed by atoms with Gasteiger partial charge >= 0.3 is 5.97 Å². The van der Waals surface area contributed by atoms with Crippen molar-refractivity contribution in [3.05, 3.63) is 89.7 Å². The Labute approximate surface area is 236 Å². The Kier molecular flexibility index (Phi) is 9.16. The normalized spacial score (nSPS) is 13.0. The van der Waals surface area contributed by atoms with Gasteiger partial charge in [0.2, 0.25) is 0 Å². The summed E-state index contributed by atoms with van der Waals surface area (Å²) in [5.74, 6) is -1.28. The fourth-order valence-electron chi connectivity index (χ4n) is 4.77. The first-order valence-electron chi connectivity index (χ1n) is 13.2. The molecule has 214 valence electrons. The van der Waals surface area contributed by atoms with E-state index in [-0.39, 0.29) is 18.3 Å². The van der Waals surface area contributed by atoms with Gasteiger partial charge in [0.15, 0.2) is 5.82 Å². The number of aliphatic carboxylic acids is 1. The number of aliphatic hydroxyl groups is 2. The Morgan fingerprint density at radius 1 is 1.05 bits per heavy atom. The summed E-state index contributed by atoms with van der Waals surface area (Å²) < 4.78 is 20.9. The molecule has 2 heterocycles. The number of aryl methyl sites for hydroxylation is 1. The average molecular weight is 562 g/mol. The van der Waals surface area contributed by atoms with Crippen LogP contribution in [0.3, 0.4) is 0 Å². The Morgan fingerprint density at radius 3 is 2.29 bits per heavy atom. The molecule has 0 bridgehead atoms. The van der Waals surface area contributed by atoms with Crippen molar-refractivity contribution in [2.24, 2.45) is 0 Å². The SMILES string of the molecule is Cc1cc(NC(=O)c2c(-c3ccccc3)c(-c3ccc(F)cc3)c(C=CC(O)CC(O)CC(=O)O)n2C(C)C)no1. The van der Waals surface area contributed by atoms with E-state index in [1.165, 1.54) is 18.2 Å². The van der Waals surface area contributed by atoms with Gasteiger partial charge in [-0.15, -0.1) is 0 Å². The Bertz CT molecular complexity index is 1540. The third-order valence-electron chi connectivity index (χ3n) is 6.44. The topological polar surface area (TPSA) is 138 Å². The molecule has 0 aliphatic carbocycles. The summed E-state index contributed by atoms with van der Waals surface area (Å²) in [6, 6.07) is 16.6. The molecule has 0 fully saturated rings. The zero-order chi connectivity index (χ0) is 29.7. The number of aromatic nitrogens is 2. The minimum Gasteiger partial charge on any atom is -0.481 e. The quantitative estimate of drug-likeness (QED) is 0.185. The second-order valence-electron chi connectivity index (χ2n) is 10.0. The van der Waals surface area contributed by atoms with Crippen molar-refractivity contribution in [1.29, 1.82) is 0 Å². The maximum absolute atomic E-state index is 14.0. The van der Waals surface area contributed by atoms with Gasteiger partial charge in [-0.1, -0.05) is 53.7 Å². The number of aliphatic hydroxyl groups excluding tert-OH is 2. The first kappa shape index (κ1) is 29.4. The van der Waals surface area contributed by atoms with Crippen LogP contribution in [0.15, 0.2) is 71.3 Å². The van der Waals surface area contributed by atoms with Gasteiger partial charge in [0.05, 0.1) is 18.6 Å². The van der Waals surface area contributed by atoms with Crippen LogP contribution in [0, 0.1) is 12.7 Å². The van der Waals surface area contributed by atoms with Gasteiger partial charge in [-0.2, -0.15) is 0 Å². The summed E-state index contributed by atoms with van der Waals surface area (Å²) in [5.41, 5.74) is 3.45. The lowest BCUT2D eigenvalue weighted by Crippen LogP contribution is -2.20. The molecule has 2 atom stereocenters. The van der Waals surface area contributed by atoms with Gasteiger partial charge in [0, 0.05) is 35.3 Å². The Morgan fingerprint density at radius 2 is 1.71 bits per heavy atom. The molecule has 4 N–H and O–H groups in total. The maximum Gasteiger partial charge on any atom is 0.305 e. The van der Waals surface area contributed by atoms with Crippen molar-refractivity contribution in [3.8, 4) is 22.3 Å². The zero-order valence-corrected chi connectivity index (χ0v) is 22.9. The molecule has 0 saturated carbocycles. The second-order valence-corrected chi connectivity index (χ2v) is 10.0. The number of carboxylic acids is 1. The highest BCUT2D eigenvalue weighted by atomic mass is 19.1. The van der Waals surface area contributed by atoms with Crippen LogP contribution in [0.25, 0.3) is 28.3 Å². The van der Waals surface area contributed by atoms with Crippen LogP contribution in [0.5, 0.6) is 0 Å². The van der Waals surface area contributed by atoms with Crippen LogP contribution in [-0.4, -0.2) is 49.1 Å². The number of hydrogen-bond donors (Lipinski definition) is 4. The summed E-state index contributed by atoms with van der Waals surface area (Å²) in [7, 11) is 0. The van der Waals surface area contributed by atoms with E-state index in [1.807, 2.05) is 48.7 Å². The summed E-state index contributed by atoms with van der Waals surface area (Å²) in [6.45, 7) is 5.53. The smallest absolute Gasteiger partial charge is 0.305 e. The number of hydrogen-bond acceptors (Lipinski definition) is 6. The molecule has 41 heavy (non-hydrogen) atoms. The van der Waals surface area contributed by atoms with Crippen LogP contribution in [0.1, 0.15) is 54.7 Å². The predicted octanol–water partition coefficient (Wildman–Crippen LogP) is 5.69. The molecule has 4 aromatic rings. The lowest BCUT2D eigenvalue weighted by Gasteiger charge is -2.17. The summed E-state index contributed by atoms with van der Waals surface area (Å²) in [5, 5.41) is 36.3. The van der Waals surface area contributed by atoms with Crippen LogP contribution in [0.4, 0.5) is 10.2 Å². The summed E-state index contributed by atoms with van der Waals surface area (Å²) >= 11 is 0. The van der Waals surface area contributed by atoms with Gasteiger partial charge in [0.25, 0.3) is 5.91 Å². The van der Waals surface area contributed by atoms with Crippen LogP contribution in [0.2, 0.25) is 0 Å². The predicted molar refractivity (Wildman–Crippen MR) is 153 cm³/mol. The number of carbonyl (C=O) groups is 2. The number of benzene rings is 2. The number of halogens is 1. The Hall–Kier alpha value is -4.54. The number of nitrogens with zero attached hydrogens (tertiary/aromatic N) is 2. The number of rotatable bonds is 11. The van der Waals surface area contributed by atoms with Crippen LogP contribution < -0.4 is 5.32 Å². The molecule has 1 amide bonds. The molecular weight excluding hydrogens is 529 g/mol. The van der Waals surface area contributed by atoms with Gasteiger partial charge in [-0.3, -0.25) is 9.59 Å². The fourth-order valence-corrected chi connectivity index (χ4v) is 4.77. The monoisotopic (exact) mass is 561 g/mol. The molecule has 0 aliphatic heterocycles. The van der Waals surface area contributed by atoms with Crippen molar-refractivity contribution in [2.75, 3.05) is 5.32 Å². The number of nitrogens with one attached hydrogen (secondary N) is 1. The molecule has 2 aromatic carbocycles. The molecule has 2 unspecified atom stereocenters. The van der Waals surface area contributed by atoms with E-state index in [0.29, 0.717) is 33.8 Å². The van der Waals surface area contributed by atoms with E-state index in [2.05, 4.69) is 10.5 Å². The molecule has 2 aromatic heterocycles. The average Bonchev–Trinajstić information content (AvgIpc) is 3.48. The van der Waals surface area contributed by atoms with Crippen molar-refractivity contribution >= 4 is 23.8 Å². The van der Waals surface area contributed by atoms with E-state index in [0.717, 1.165) is 5.56 Å². The molecular formula is C31H32FN3O6. The van der Waals surface area contributed by atoms with Crippen LogP contribution >= 0.6 is 0 Å². The van der Waals surface area contributed by atoms with Gasteiger partial charge in [-0.05, 0) is 50.1 Å². The minimum atomic E-state index is -1.24. The summed E-state index contributed by atoms with van der Waals surface area (Å²) in [6.07, 6.45) is -0.0203. The highest BCUT2D eigenvalue weighted by molar-refractivity contribution is 6.11. The molecule has 0 saturated heterocycles. The summed E-state index contributed by atoms with van der Waals surface area (Å²) in [4.78, 5) is 24.9. The van der Waals surface area contributed by atoms with Gasteiger partial charge in [-0.25, -0.2) is 4.39 Å². The van der Waals surface area contributed by atoms with E-state index >= 15 is 0 Å². The van der Waals surface area contributed by atoms with Crippen molar-refractivity contribution in [3.63, 3.8) is 0 Å². The fraction of sp³-hybridized carbons (Fsp3) is 0.258. The van der Waals surface area contributed by atoms with Gasteiger partial charge in [0.1, 0.15) is 17.3 Å². The van der Waals surface area contributed by atoms with Crippen molar-refractivity contribution < 1.29 is 33.8 Å². The van der Waals surface area contributed by atoms with Crippen molar-refractivity contribution in [2.45, 2.75) is 51.9 Å². The van der Waals surface area contributed by atoms with E-state index < -0.39 is 36.3 Å². The van der Waals surface area contributed by atoms with Gasteiger partial charge < -0.3 is 29.7 Å². The molecule has 10 heteroatoms. The largest absolute Gasteiger partial charge is 0.481 e. The molecule has 0 aliphatic rings. The maximum atomic E-state index is 14.0. The molecule has 0 radical (unpaired) electrons. The first-order valence-corrected chi connectivity index (χ1v) is 13.2. The number of anilines is 1. The third kappa shape index (κ3) is 6.97. The Balaban J connectivity index is 1.95. The minimum absolute atomic E-state index is 0.193. The molecule has 9 nitrogen and oxygen atoms in total. The number of carbonyl (C=O) groups excluding carboxylic acids is 1. The van der Waals surface area contributed by atoms with E-state index in [9.17, 15) is 24.2 Å². The van der Waals surface area contributed by atoms with E-state index in [4.69, 9.17) is 9.63 Å². The second kappa shape index (κ2) is 12.8. The zero-order valence-electron chi connectivity index (χ0n) is 22.9. The number of carboxylic acid groups (broad SMARTS) is 1. The number of amides is 1. The molecule has 4 rings (SSSR count). The lowest BCUT2D eigenvalue weighted by atomic mass is 9.94. The van der Waals surface area contributed by atoms with Crippen molar-refractivity contribution in [1.82, 2.24) is 9.72 Å². The highest BCUT2D eigenvalue weighted by Gasteiger charge is 2.30.